The highest BCUT2D eigenvalue weighted by Gasteiger charge is 2.40. The summed E-state index contributed by atoms with van der Waals surface area (Å²) in [5, 5.41) is 12.5. The fraction of sp³-hybridized carbons (Fsp3) is 1.00. The van der Waals surface area contributed by atoms with Crippen molar-refractivity contribution in [3.8, 4) is 0 Å². The minimum Gasteiger partial charge on any atom is -0.396 e. The summed E-state index contributed by atoms with van der Waals surface area (Å²) in [4.78, 5) is 0. The molecule has 2 heteroatoms. The van der Waals surface area contributed by atoms with E-state index in [1.165, 1.54) is 19.3 Å². The van der Waals surface area contributed by atoms with Gasteiger partial charge in [-0.25, -0.2) is 0 Å². The Kier molecular flexibility index (Phi) is 3.53. The third-order valence-corrected chi connectivity index (χ3v) is 2.82. The van der Waals surface area contributed by atoms with E-state index in [1.54, 1.807) is 0 Å². The predicted molar refractivity (Wildman–Crippen MR) is 51.1 cm³/mol. The first-order valence-corrected chi connectivity index (χ1v) is 5.08. The molecule has 0 unspecified atom stereocenters. The molecule has 0 spiro atoms. The van der Waals surface area contributed by atoms with Gasteiger partial charge in [-0.15, -0.1) is 0 Å². The smallest absolute Gasteiger partial charge is 0.0448 e. The van der Waals surface area contributed by atoms with E-state index in [0.29, 0.717) is 12.1 Å². The maximum absolute atomic E-state index is 8.91. The highest BCUT2D eigenvalue weighted by Crippen LogP contribution is 2.39. The van der Waals surface area contributed by atoms with Gasteiger partial charge in [0.2, 0.25) is 0 Å². The molecule has 2 nitrogen and oxygen atoms in total. The Labute approximate surface area is 75.4 Å². The molecule has 0 aromatic carbocycles. The van der Waals surface area contributed by atoms with Gasteiger partial charge in [-0.1, -0.05) is 13.8 Å². The summed E-state index contributed by atoms with van der Waals surface area (Å²) in [5.74, 6) is 0.848. The van der Waals surface area contributed by atoms with Crippen molar-refractivity contribution in [3.63, 3.8) is 0 Å². The number of aliphatic hydroxyl groups is 1. The van der Waals surface area contributed by atoms with Gasteiger partial charge in [0.25, 0.3) is 0 Å². The van der Waals surface area contributed by atoms with Gasteiger partial charge in [0, 0.05) is 12.1 Å². The van der Waals surface area contributed by atoms with Gasteiger partial charge < -0.3 is 10.4 Å². The van der Waals surface area contributed by atoms with Crippen molar-refractivity contribution in [2.75, 3.05) is 13.2 Å². The first-order valence-electron chi connectivity index (χ1n) is 5.08. The molecule has 0 aromatic heterocycles. The van der Waals surface area contributed by atoms with E-state index in [0.717, 1.165) is 18.9 Å². The first kappa shape index (κ1) is 10.0. The average Bonchev–Trinajstić information content (AvgIpc) is 1.98. The molecule has 0 heterocycles. The summed E-state index contributed by atoms with van der Waals surface area (Å²) in [6.45, 7) is 5.88. The normalized spacial score (nSPS) is 34.8. The van der Waals surface area contributed by atoms with Crippen LogP contribution in [0.1, 0.15) is 39.5 Å². The number of hydrogen-bond donors (Lipinski definition) is 2. The lowest BCUT2D eigenvalue weighted by molar-refractivity contribution is 0.0825. The molecule has 2 N–H and O–H groups in total. The van der Waals surface area contributed by atoms with E-state index in [9.17, 15) is 0 Å². The summed E-state index contributed by atoms with van der Waals surface area (Å²) in [7, 11) is 0. The Hall–Kier alpha value is -0.0800. The second-order valence-electron chi connectivity index (χ2n) is 4.19. The summed E-state index contributed by atoms with van der Waals surface area (Å²) in [6.07, 6.45) is 4.60. The Bertz CT molecular complexity index is 124. The molecule has 0 amide bonds. The number of aliphatic hydroxyl groups excluding tert-OH is 1. The highest BCUT2D eigenvalue weighted by atomic mass is 16.3. The molecule has 1 rings (SSSR count). The molecule has 72 valence electrons. The van der Waals surface area contributed by atoms with Crippen LogP contribution in [0.3, 0.4) is 0 Å². The van der Waals surface area contributed by atoms with E-state index >= 15 is 0 Å². The van der Waals surface area contributed by atoms with E-state index in [1.807, 2.05) is 0 Å². The SMILES string of the molecule is CCCNC1(CCO)CC(C)C1. The zero-order valence-electron chi connectivity index (χ0n) is 8.27. The molecule has 1 aliphatic carbocycles. The van der Waals surface area contributed by atoms with Gasteiger partial charge in [0.1, 0.15) is 0 Å². The lowest BCUT2D eigenvalue weighted by Gasteiger charge is -2.47. The van der Waals surface area contributed by atoms with Crippen LogP contribution in [0.4, 0.5) is 0 Å². The second kappa shape index (κ2) is 4.24. The largest absolute Gasteiger partial charge is 0.396 e. The molecule has 0 atom stereocenters. The van der Waals surface area contributed by atoms with Crippen molar-refractivity contribution < 1.29 is 5.11 Å². The Morgan fingerprint density at radius 3 is 2.58 bits per heavy atom. The molecule has 0 bridgehead atoms. The lowest BCUT2D eigenvalue weighted by atomic mass is 9.67. The summed E-state index contributed by atoms with van der Waals surface area (Å²) < 4.78 is 0. The number of rotatable bonds is 5. The molecule has 0 saturated heterocycles. The van der Waals surface area contributed by atoms with Crippen LogP contribution in [-0.2, 0) is 0 Å². The molecule has 12 heavy (non-hydrogen) atoms. The quantitative estimate of drug-likeness (QED) is 0.657. The first-order chi connectivity index (χ1) is 5.72. The lowest BCUT2D eigenvalue weighted by Crippen LogP contribution is -2.55. The monoisotopic (exact) mass is 171 g/mol. The molecule has 0 radical (unpaired) electrons. The Morgan fingerprint density at radius 1 is 1.50 bits per heavy atom. The van der Waals surface area contributed by atoms with Crippen molar-refractivity contribution in [1.29, 1.82) is 0 Å². The Morgan fingerprint density at radius 2 is 2.17 bits per heavy atom. The summed E-state index contributed by atoms with van der Waals surface area (Å²) >= 11 is 0. The summed E-state index contributed by atoms with van der Waals surface area (Å²) in [5.41, 5.74) is 0.296. The topological polar surface area (TPSA) is 32.3 Å². The molecular weight excluding hydrogens is 150 g/mol. The van der Waals surface area contributed by atoms with Crippen LogP contribution >= 0.6 is 0 Å². The maximum atomic E-state index is 8.91. The van der Waals surface area contributed by atoms with Gasteiger partial charge in [-0.3, -0.25) is 0 Å². The van der Waals surface area contributed by atoms with Crippen molar-refractivity contribution in [2.24, 2.45) is 5.92 Å². The standard InChI is InChI=1S/C10H21NO/c1-3-5-11-10(4-6-12)7-9(2)8-10/h9,11-12H,3-8H2,1-2H3. The summed E-state index contributed by atoms with van der Waals surface area (Å²) in [6, 6.07) is 0. The molecule has 1 fully saturated rings. The molecule has 1 aliphatic rings. The predicted octanol–water partition coefficient (Wildman–Crippen LogP) is 1.54. The number of nitrogens with one attached hydrogen (secondary N) is 1. The van der Waals surface area contributed by atoms with Crippen molar-refractivity contribution in [2.45, 2.75) is 45.1 Å². The minimum absolute atomic E-state index is 0.296. The second-order valence-corrected chi connectivity index (χ2v) is 4.19. The van der Waals surface area contributed by atoms with Gasteiger partial charge in [-0.2, -0.15) is 0 Å². The van der Waals surface area contributed by atoms with E-state index < -0.39 is 0 Å². The third-order valence-electron chi connectivity index (χ3n) is 2.82. The van der Waals surface area contributed by atoms with Crippen molar-refractivity contribution >= 4 is 0 Å². The van der Waals surface area contributed by atoms with Crippen LogP contribution in [-0.4, -0.2) is 23.8 Å². The van der Waals surface area contributed by atoms with Crippen LogP contribution in [0, 0.1) is 5.92 Å². The molecular formula is C10H21NO. The van der Waals surface area contributed by atoms with Crippen molar-refractivity contribution in [1.82, 2.24) is 5.32 Å². The molecule has 0 aliphatic heterocycles. The van der Waals surface area contributed by atoms with Crippen LogP contribution in [0.15, 0.2) is 0 Å². The van der Waals surface area contributed by atoms with E-state index in [-0.39, 0.29) is 0 Å². The maximum Gasteiger partial charge on any atom is 0.0448 e. The number of hydrogen-bond acceptors (Lipinski definition) is 2. The van der Waals surface area contributed by atoms with Crippen LogP contribution < -0.4 is 5.32 Å². The minimum atomic E-state index is 0.296. The van der Waals surface area contributed by atoms with Gasteiger partial charge in [-0.05, 0) is 38.1 Å². The van der Waals surface area contributed by atoms with Gasteiger partial charge >= 0.3 is 0 Å². The van der Waals surface area contributed by atoms with Crippen molar-refractivity contribution in [3.05, 3.63) is 0 Å². The van der Waals surface area contributed by atoms with Gasteiger partial charge in [0.05, 0.1) is 0 Å². The van der Waals surface area contributed by atoms with E-state index in [4.69, 9.17) is 5.11 Å². The Balaban J connectivity index is 2.29. The van der Waals surface area contributed by atoms with Crippen LogP contribution in [0.5, 0.6) is 0 Å². The molecule has 1 saturated carbocycles. The fourth-order valence-electron chi connectivity index (χ4n) is 2.32. The third kappa shape index (κ3) is 2.20. The highest BCUT2D eigenvalue weighted by molar-refractivity contribution is 4.99. The zero-order valence-corrected chi connectivity index (χ0v) is 8.27. The molecule has 0 aromatic rings. The zero-order chi connectivity index (χ0) is 9.03. The fourth-order valence-corrected chi connectivity index (χ4v) is 2.32. The van der Waals surface area contributed by atoms with E-state index in [2.05, 4.69) is 19.2 Å². The van der Waals surface area contributed by atoms with Crippen LogP contribution in [0.25, 0.3) is 0 Å². The average molecular weight is 171 g/mol. The van der Waals surface area contributed by atoms with Gasteiger partial charge in [0.15, 0.2) is 0 Å². The van der Waals surface area contributed by atoms with Crippen LogP contribution in [0.2, 0.25) is 0 Å².